The Morgan fingerprint density at radius 2 is 2.17 bits per heavy atom. The summed E-state index contributed by atoms with van der Waals surface area (Å²) in [7, 11) is 1.96. The lowest BCUT2D eigenvalue weighted by Gasteiger charge is -2.14. The van der Waals surface area contributed by atoms with E-state index in [0.29, 0.717) is 5.82 Å². The Morgan fingerprint density at radius 1 is 1.28 bits per heavy atom. The van der Waals surface area contributed by atoms with Gasteiger partial charge < -0.3 is 14.9 Å². The van der Waals surface area contributed by atoms with Crippen LogP contribution in [-0.4, -0.2) is 35.4 Å². The summed E-state index contributed by atoms with van der Waals surface area (Å²) in [5, 5.41) is 3.84. The van der Waals surface area contributed by atoms with Crippen molar-refractivity contribution in [1.29, 1.82) is 0 Å². The van der Waals surface area contributed by atoms with Gasteiger partial charge in [0.1, 0.15) is 20.9 Å². The van der Waals surface area contributed by atoms with Crippen LogP contribution in [0.3, 0.4) is 0 Å². The molecule has 9 heteroatoms. The SMILES string of the molecule is C[C@H](NC(=O)c1ncc[nH]1)c1cccc(-c2nc3c(ncc4ncn(C)c43)s2)c1. The number of aromatic amines is 1. The average Bonchev–Trinajstić information content (AvgIpc) is 3.47. The first-order chi connectivity index (χ1) is 14.1. The maximum absolute atomic E-state index is 12.3. The lowest BCUT2D eigenvalue weighted by Crippen LogP contribution is -2.27. The number of imidazole rings is 2. The molecule has 8 nitrogen and oxygen atoms in total. The molecule has 0 fully saturated rings. The first-order valence-corrected chi connectivity index (χ1v) is 9.89. The number of hydrogen-bond donors (Lipinski definition) is 2. The molecule has 4 aromatic heterocycles. The molecule has 0 bridgehead atoms. The Labute approximate surface area is 169 Å². The minimum atomic E-state index is -0.240. The van der Waals surface area contributed by atoms with E-state index >= 15 is 0 Å². The number of amides is 1. The Kier molecular flexibility index (Phi) is 4.09. The summed E-state index contributed by atoms with van der Waals surface area (Å²) in [6.07, 6.45) is 6.73. The van der Waals surface area contributed by atoms with E-state index in [1.807, 2.05) is 42.8 Å². The van der Waals surface area contributed by atoms with Crippen LogP contribution in [0.25, 0.3) is 32.0 Å². The molecule has 29 heavy (non-hydrogen) atoms. The molecule has 0 aliphatic heterocycles. The molecule has 4 heterocycles. The lowest BCUT2D eigenvalue weighted by atomic mass is 10.1. The van der Waals surface area contributed by atoms with Crippen molar-refractivity contribution in [2.75, 3.05) is 0 Å². The van der Waals surface area contributed by atoms with Crippen LogP contribution in [0, 0.1) is 0 Å². The summed E-state index contributed by atoms with van der Waals surface area (Å²) in [6, 6.07) is 7.85. The molecule has 5 rings (SSSR count). The number of aryl methyl sites for hydroxylation is 1. The maximum Gasteiger partial charge on any atom is 0.287 e. The summed E-state index contributed by atoms with van der Waals surface area (Å²) < 4.78 is 1.96. The molecule has 0 saturated carbocycles. The number of thiazole rings is 1. The molecule has 0 radical (unpaired) electrons. The van der Waals surface area contributed by atoms with Gasteiger partial charge in [0, 0.05) is 25.0 Å². The summed E-state index contributed by atoms with van der Waals surface area (Å²) in [6.45, 7) is 1.94. The van der Waals surface area contributed by atoms with Gasteiger partial charge in [0.25, 0.3) is 5.91 Å². The Balaban J connectivity index is 1.48. The number of hydrogen-bond acceptors (Lipinski definition) is 6. The van der Waals surface area contributed by atoms with Gasteiger partial charge in [0.2, 0.25) is 0 Å². The Hall–Kier alpha value is -3.59. The number of H-pyrrole nitrogens is 1. The van der Waals surface area contributed by atoms with Crippen molar-refractivity contribution >= 4 is 38.6 Å². The van der Waals surface area contributed by atoms with E-state index in [-0.39, 0.29) is 11.9 Å². The van der Waals surface area contributed by atoms with Crippen LogP contribution in [-0.2, 0) is 7.05 Å². The van der Waals surface area contributed by atoms with Crippen molar-refractivity contribution in [2.24, 2.45) is 7.05 Å². The molecule has 144 valence electrons. The zero-order valence-corrected chi connectivity index (χ0v) is 16.6. The zero-order chi connectivity index (χ0) is 20.0. The van der Waals surface area contributed by atoms with Crippen molar-refractivity contribution in [3.05, 3.63) is 60.6 Å². The molecule has 0 spiro atoms. The molecular formula is C20H17N7OS. The van der Waals surface area contributed by atoms with Crippen molar-refractivity contribution in [3.8, 4) is 10.6 Å². The van der Waals surface area contributed by atoms with Crippen molar-refractivity contribution in [1.82, 2.24) is 34.8 Å². The standard InChI is InChI=1S/C20H17N7OS/c1-11(25-18(28)17-21-6-7-22-17)12-4-3-5-13(8-12)19-26-15-16-14(24-10-27(16)2)9-23-20(15)29-19/h3-11H,1-2H3,(H,21,22)(H,25,28)/t11-/m0/s1. The highest BCUT2D eigenvalue weighted by Gasteiger charge is 2.16. The fourth-order valence-electron chi connectivity index (χ4n) is 3.31. The number of carbonyl (C=O) groups is 1. The van der Waals surface area contributed by atoms with Crippen LogP contribution in [0.15, 0.2) is 49.2 Å². The van der Waals surface area contributed by atoms with Crippen LogP contribution in [0.5, 0.6) is 0 Å². The number of aromatic nitrogens is 6. The minimum absolute atomic E-state index is 0.177. The van der Waals surface area contributed by atoms with Gasteiger partial charge in [0.15, 0.2) is 5.82 Å². The van der Waals surface area contributed by atoms with Crippen LogP contribution < -0.4 is 5.32 Å². The second-order valence-electron chi connectivity index (χ2n) is 6.78. The summed E-state index contributed by atoms with van der Waals surface area (Å²) in [4.78, 5) is 33.6. The second-order valence-corrected chi connectivity index (χ2v) is 7.76. The monoisotopic (exact) mass is 403 g/mol. The third kappa shape index (κ3) is 3.05. The van der Waals surface area contributed by atoms with Crippen molar-refractivity contribution in [2.45, 2.75) is 13.0 Å². The number of rotatable bonds is 4. The smallest absolute Gasteiger partial charge is 0.287 e. The second kappa shape index (κ2) is 6.78. The van der Waals surface area contributed by atoms with Gasteiger partial charge in [-0.1, -0.05) is 29.5 Å². The Bertz CT molecular complexity index is 1340. The first kappa shape index (κ1) is 17.5. The van der Waals surface area contributed by atoms with E-state index in [0.717, 1.165) is 37.5 Å². The highest BCUT2D eigenvalue weighted by molar-refractivity contribution is 7.21. The highest BCUT2D eigenvalue weighted by atomic mass is 32.1. The number of benzene rings is 1. The van der Waals surface area contributed by atoms with Gasteiger partial charge >= 0.3 is 0 Å². The summed E-state index contributed by atoms with van der Waals surface area (Å²) in [5.74, 6) is 0.0566. The van der Waals surface area contributed by atoms with Crippen LogP contribution >= 0.6 is 11.3 Å². The van der Waals surface area contributed by atoms with Crippen LogP contribution in [0.4, 0.5) is 0 Å². The van der Waals surface area contributed by atoms with Crippen molar-refractivity contribution < 1.29 is 4.79 Å². The molecule has 0 unspecified atom stereocenters. The third-order valence-corrected chi connectivity index (χ3v) is 5.81. The van der Waals surface area contributed by atoms with E-state index in [1.165, 1.54) is 0 Å². The van der Waals surface area contributed by atoms with E-state index in [4.69, 9.17) is 4.98 Å². The van der Waals surface area contributed by atoms with E-state index < -0.39 is 0 Å². The lowest BCUT2D eigenvalue weighted by molar-refractivity contribution is 0.0930. The van der Waals surface area contributed by atoms with Gasteiger partial charge in [-0.05, 0) is 18.6 Å². The quantitative estimate of drug-likeness (QED) is 0.478. The largest absolute Gasteiger partial charge is 0.343 e. The maximum atomic E-state index is 12.3. The number of nitrogens with zero attached hydrogens (tertiary/aromatic N) is 5. The fourth-order valence-corrected chi connectivity index (χ4v) is 4.22. The number of nitrogens with one attached hydrogen (secondary N) is 2. The van der Waals surface area contributed by atoms with E-state index in [1.54, 1.807) is 36.3 Å². The summed E-state index contributed by atoms with van der Waals surface area (Å²) >= 11 is 1.54. The Morgan fingerprint density at radius 3 is 3.00 bits per heavy atom. The topological polar surface area (TPSA) is 101 Å². The van der Waals surface area contributed by atoms with Crippen molar-refractivity contribution in [3.63, 3.8) is 0 Å². The molecule has 0 saturated heterocycles. The highest BCUT2D eigenvalue weighted by Crippen LogP contribution is 2.33. The third-order valence-electron chi connectivity index (χ3n) is 4.80. The molecule has 5 aromatic rings. The molecule has 0 aliphatic rings. The number of fused-ring (bicyclic) bond motifs is 3. The van der Waals surface area contributed by atoms with E-state index in [2.05, 4.69) is 25.3 Å². The average molecular weight is 403 g/mol. The van der Waals surface area contributed by atoms with E-state index in [9.17, 15) is 4.79 Å². The minimum Gasteiger partial charge on any atom is -0.343 e. The van der Waals surface area contributed by atoms with Crippen LogP contribution in [0.1, 0.15) is 29.1 Å². The predicted molar refractivity (Wildman–Crippen MR) is 112 cm³/mol. The van der Waals surface area contributed by atoms with Gasteiger partial charge in [0.05, 0.1) is 24.1 Å². The predicted octanol–water partition coefficient (Wildman–Crippen LogP) is 3.46. The molecular weight excluding hydrogens is 386 g/mol. The van der Waals surface area contributed by atoms with Crippen LogP contribution in [0.2, 0.25) is 0 Å². The zero-order valence-electron chi connectivity index (χ0n) is 15.7. The number of carbonyl (C=O) groups excluding carboxylic acids is 1. The fraction of sp³-hybridized carbons (Fsp3) is 0.150. The molecule has 1 atom stereocenters. The molecule has 1 aromatic carbocycles. The normalized spacial score (nSPS) is 12.5. The van der Waals surface area contributed by atoms with Gasteiger partial charge in [-0.15, -0.1) is 0 Å². The number of pyridine rings is 1. The first-order valence-electron chi connectivity index (χ1n) is 9.07. The van der Waals surface area contributed by atoms with Gasteiger partial charge in [-0.25, -0.2) is 19.9 Å². The molecule has 0 aliphatic carbocycles. The van der Waals surface area contributed by atoms with Gasteiger partial charge in [-0.2, -0.15) is 0 Å². The summed E-state index contributed by atoms with van der Waals surface area (Å²) in [5.41, 5.74) is 4.64. The molecule has 1 amide bonds. The molecule has 2 N–H and O–H groups in total. The van der Waals surface area contributed by atoms with Gasteiger partial charge in [-0.3, -0.25) is 4.79 Å².